The zero-order valence-electron chi connectivity index (χ0n) is 12.4. The Morgan fingerprint density at radius 2 is 2.10 bits per heavy atom. The van der Waals surface area contributed by atoms with Gasteiger partial charge in [-0.3, -0.25) is 4.79 Å². The average molecular weight is 275 g/mol. The molecule has 5 nitrogen and oxygen atoms in total. The first kappa shape index (κ1) is 15.8. The molecule has 0 aliphatic heterocycles. The van der Waals surface area contributed by atoms with E-state index in [9.17, 15) is 4.79 Å². The van der Waals surface area contributed by atoms with Gasteiger partial charge in [0.25, 0.3) is 0 Å². The summed E-state index contributed by atoms with van der Waals surface area (Å²) >= 11 is 0. The van der Waals surface area contributed by atoms with Crippen molar-refractivity contribution in [3.63, 3.8) is 0 Å². The second-order valence-corrected chi connectivity index (χ2v) is 5.07. The van der Waals surface area contributed by atoms with Gasteiger partial charge in [-0.1, -0.05) is 26.0 Å². The number of methoxy groups -OCH3 is 1. The minimum atomic E-state index is -0.862. The maximum atomic E-state index is 11.9. The molecule has 1 amide bonds. The second-order valence-electron chi connectivity index (χ2n) is 5.07. The van der Waals surface area contributed by atoms with Gasteiger partial charge < -0.3 is 15.4 Å². The zero-order chi connectivity index (χ0) is 15.2. The molecule has 0 aliphatic carbocycles. The highest BCUT2D eigenvalue weighted by Crippen LogP contribution is 2.22. The first-order valence-electron chi connectivity index (χ1n) is 6.52. The molecule has 5 heteroatoms. The summed E-state index contributed by atoms with van der Waals surface area (Å²) in [5.74, 6) is 0.476. The van der Waals surface area contributed by atoms with Gasteiger partial charge in [0.1, 0.15) is 11.3 Å². The molecule has 0 aliphatic rings. The SMILES string of the molecule is COc1ccccc1NCC(=O)NC(C)(C#N)C(C)C. The van der Waals surface area contributed by atoms with Gasteiger partial charge >= 0.3 is 0 Å². The van der Waals surface area contributed by atoms with E-state index < -0.39 is 5.54 Å². The Morgan fingerprint density at radius 1 is 1.45 bits per heavy atom. The van der Waals surface area contributed by atoms with Crippen LogP contribution in [-0.2, 0) is 4.79 Å². The van der Waals surface area contributed by atoms with Crippen LogP contribution in [0, 0.1) is 17.2 Å². The summed E-state index contributed by atoms with van der Waals surface area (Å²) in [6, 6.07) is 9.50. The van der Waals surface area contributed by atoms with Gasteiger partial charge in [0, 0.05) is 0 Å². The maximum absolute atomic E-state index is 11.9. The van der Waals surface area contributed by atoms with Crippen molar-refractivity contribution in [2.24, 2.45) is 5.92 Å². The van der Waals surface area contributed by atoms with Crippen LogP contribution in [0.5, 0.6) is 5.75 Å². The van der Waals surface area contributed by atoms with Gasteiger partial charge in [-0.25, -0.2) is 0 Å². The molecule has 0 saturated heterocycles. The van der Waals surface area contributed by atoms with E-state index in [1.54, 1.807) is 14.0 Å². The molecule has 1 unspecified atom stereocenters. The van der Waals surface area contributed by atoms with Gasteiger partial charge in [-0.2, -0.15) is 5.26 Å². The van der Waals surface area contributed by atoms with Crippen molar-refractivity contribution in [3.05, 3.63) is 24.3 Å². The highest BCUT2D eigenvalue weighted by atomic mass is 16.5. The summed E-state index contributed by atoms with van der Waals surface area (Å²) in [5.41, 5.74) is -0.118. The molecule has 0 aromatic heterocycles. The fourth-order valence-corrected chi connectivity index (χ4v) is 1.60. The lowest BCUT2D eigenvalue weighted by Gasteiger charge is -2.27. The Labute approximate surface area is 119 Å². The number of carbonyl (C=O) groups excluding carboxylic acids is 1. The molecule has 1 atom stereocenters. The van der Waals surface area contributed by atoms with E-state index in [1.807, 2.05) is 38.1 Å². The molecule has 0 fully saturated rings. The highest BCUT2D eigenvalue weighted by Gasteiger charge is 2.29. The topological polar surface area (TPSA) is 74.2 Å². The lowest BCUT2D eigenvalue weighted by atomic mass is 9.90. The van der Waals surface area contributed by atoms with Crippen molar-refractivity contribution in [2.45, 2.75) is 26.3 Å². The number of benzene rings is 1. The predicted molar refractivity (Wildman–Crippen MR) is 78.5 cm³/mol. The molecule has 0 heterocycles. The van der Waals surface area contributed by atoms with Gasteiger partial charge in [-0.15, -0.1) is 0 Å². The third-order valence-corrected chi connectivity index (χ3v) is 3.33. The standard InChI is InChI=1S/C15H21N3O2/c1-11(2)15(3,10-16)18-14(19)9-17-12-7-5-6-8-13(12)20-4/h5-8,11,17H,9H2,1-4H3,(H,18,19). The van der Waals surface area contributed by atoms with Crippen molar-refractivity contribution in [1.29, 1.82) is 5.26 Å². The fourth-order valence-electron chi connectivity index (χ4n) is 1.60. The summed E-state index contributed by atoms with van der Waals surface area (Å²) in [5, 5.41) is 14.9. The lowest BCUT2D eigenvalue weighted by molar-refractivity contribution is -0.121. The second kappa shape index (κ2) is 6.80. The van der Waals surface area contributed by atoms with E-state index in [1.165, 1.54) is 0 Å². The molecule has 0 spiro atoms. The van der Waals surface area contributed by atoms with E-state index in [2.05, 4.69) is 16.7 Å². The molecule has 1 rings (SSSR count). The Hall–Kier alpha value is -2.22. The number of nitriles is 1. The normalized spacial score (nSPS) is 13.2. The van der Waals surface area contributed by atoms with Crippen molar-refractivity contribution >= 4 is 11.6 Å². The first-order valence-corrected chi connectivity index (χ1v) is 6.52. The molecule has 1 aromatic carbocycles. The van der Waals surface area contributed by atoms with E-state index in [0.29, 0.717) is 5.75 Å². The molecule has 0 bridgehead atoms. The van der Waals surface area contributed by atoms with E-state index in [-0.39, 0.29) is 18.4 Å². The number of anilines is 1. The van der Waals surface area contributed by atoms with Crippen LogP contribution in [0.2, 0.25) is 0 Å². The lowest BCUT2D eigenvalue weighted by Crippen LogP contribution is -2.50. The monoisotopic (exact) mass is 275 g/mol. The molecule has 20 heavy (non-hydrogen) atoms. The van der Waals surface area contributed by atoms with Crippen molar-refractivity contribution < 1.29 is 9.53 Å². The highest BCUT2D eigenvalue weighted by molar-refractivity contribution is 5.82. The summed E-state index contributed by atoms with van der Waals surface area (Å²) in [6.07, 6.45) is 0. The summed E-state index contributed by atoms with van der Waals surface area (Å²) in [6.45, 7) is 5.61. The Balaban J connectivity index is 2.62. The number of carbonyl (C=O) groups is 1. The molecule has 1 aromatic rings. The Bertz CT molecular complexity index is 508. The smallest absolute Gasteiger partial charge is 0.240 e. The van der Waals surface area contributed by atoms with E-state index in [4.69, 9.17) is 10.00 Å². The summed E-state index contributed by atoms with van der Waals surface area (Å²) < 4.78 is 5.19. The number of ether oxygens (including phenoxy) is 1. The van der Waals surface area contributed by atoms with Gasteiger partial charge in [-0.05, 0) is 25.0 Å². The quantitative estimate of drug-likeness (QED) is 0.834. The van der Waals surface area contributed by atoms with Gasteiger partial charge in [0.15, 0.2) is 0 Å². The summed E-state index contributed by atoms with van der Waals surface area (Å²) in [4.78, 5) is 11.9. The number of rotatable bonds is 6. The van der Waals surface area contributed by atoms with Crippen LogP contribution >= 0.6 is 0 Å². The average Bonchev–Trinajstić information content (AvgIpc) is 2.45. The van der Waals surface area contributed by atoms with Crippen LogP contribution in [0.4, 0.5) is 5.69 Å². The minimum absolute atomic E-state index is 0.0303. The Morgan fingerprint density at radius 3 is 2.65 bits per heavy atom. The first-order chi connectivity index (χ1) is 9.42. The van der Waals surface area contributed by atoms with Crippen LogP contribution in [-0.4, -0.2) is 25.1 Å². The van der Waals surface area contributed by atoms with E-state index >= 15 is 0 Å². The maximum Gasteiger partial charge on any atom is 0.240 e. The molecule has 0 radical (unpaired) electrons. The minimum Gasteiger partial charge on any atom is -0.495 e. The molecule has 108 valence electrons. The predicted octanol–water partition coefficient (Wildman–Crippen LogP) is 2.16. The van der Waals surface area contributed by atoms with Crippen LogP contribution in [0.25, 0.3) is 0 Å². The third kappa shape index (κ3) is 3.89. The third-order valence-electron chi connectivity index (χ3n) is 3.33. The molecular formula is C15H21N3O2. The number of amides is 1. The summed E-state index contributed by atoms with van der Waals surface area (Å²) in [7, 11) is 1.58. The van der Waals surface area contributed by atoms with Crippen molar-refractivity contribution in [2.75, 3.05) is 19.0 Å². The molecule has 0 saturated carbocycles. The number of nitrogens with zero attached hydrogens (tertiary/aromatic N) is 1. The number of hydrogen-bond donors (Lipinski definition) is 2. The largest absolute Gasteiger partial charge is 0.495 e. The fraction of sp³-hybridized carbons (Fsp3) is 0.467. The van der Waals surface area contributed by atoms with Crippen molar-refractivity contribution in [3.8, 4) is 11.8 Å². The zero-order valence-corrected chi connectivity index (χ0v) is 12.4. The Kier molecular flexibility index (Phi) is 5.39. The number of hydrogen-bond acceptors (Lipinski definition) is 4. The number of nitrogens with one attached hydrogen (secondary N) is 2. The van der Waals surface area contributed by atoms with E-state index in [0.717, 1.165) is 5.69 Å². The van der Waals surface area contributed by atoms with Crippen LogP contribution in [0.1, 0.15) is 20.8 Å². The van der Waals surface area contributed by atoms with Crippen LogP contribution in [0.15, 0.2) is 24.3 Å². The molecule has 2 N–H and O–H groups in total. The molecular weight excluding hydrogens is 254 g/mol. The van der Waals surface area contributed by atoms with Gasteiger partial charge in [0.2, 0.25) is 5.91 Å². The van der Waals surface area contributed by atoms with Crippen molar-refractivity contribution in [1.82, 2.24) is 5.32 Å². The van der Waals surface area contributed by atoms with Crippen LogP contribution < -0.4 is 15.4 Å². The number of para-hydroxylation sites is 2. The van der Waals surface area contributed by atoms with Gasteiger partial charge in [0.05, 0.1) is 25.4 Å². The van der Waals surface area contributed by atoms with Crippen LogP contribution in [0.3, 0.4) is 0 Å².